The van der Waals surface area contributed by atoms with E-state index in [9.17, 15) is 23.9 Å². The molecule has 9 heteroatoms. The quantitative estimate of drug-likeness (QED) is 0.533. The van der Waals surface area contributed by atoms with Crippen LogP contribution in [0.15, 0.2) is 36.4 Å². The summed E-state index contributed by atoms with van der Waals surface area (Å²) in [6.45, 7) is 3.24. The van der Waals surface area contributed by atoms with Gasteiger partial charge >= 0.3 is 5.97 Å². The minimum Gasteiger partial charge on any atom is -0.508 e. The zero-order chi connectivity index (χ0) is 22.9. The van der Waals surface area contributed by atoms with Crippen LogP contribution in [0, 0.1) is 12.7 Å². The number of benzene rings is 2. The molecule has 3 rings (SSSR count). The van der Waals surface area contributed by atoms with Crippen LogP contribution in [0.3, 0.4) is 0 Å². The Morgan fingerprint density at radius 3 is 2.55 bits per heavy atom. The van der Waals surface area contributed by atoms with Crippen LogP contribution < -0.4 is 5.32 Å². The number of carbonyl (C=O) groups excluding carboxylic acids is 2. The van der Waals surface area contributed by atoms with Gasteiger partial charge in [-0.15, -0.1) is 0 Å². The molecule has 7 nitrogen and oxygen atoms in total. The number of hydrogen-bond acceptors (Lipinski definition) is 4. The fourth-order valence-electron chi connectivity index (χ4n) is 3.57. The minimum atomic E-state index is -1.04. The highest BCUT2D eigenvalue weighted by Gasteiger charge is 2.27. The molecule has 0 aliphatic heterocycles. The van der Waals surface area contributed by atoms with Gasteiger partial charge in [0.05, 0.1) is 22.9 Å². The standard InChI is InChI=1S/C22H20ClFN2O5/c1-11(21(30)25-8-7-19(28)29)20-12(2)26(18-6-4-14(27)10-15(18)20)22(31)13-3-5-16(23)17(24)9-13/h3-6,9-11,27H,7-8H2,1-2H3,(H,25,30)(H,28,29)/t11-/m0/s1. The predicted molar refractivity (Wildman–Crippen MR) is 113 cm³/mol. The number of phenols is 1. The number of aromatic hydroxyl groups is 1. The number of carbonyl (C=O) groups is 3. The van der Waals surface area contributed by atoms with Crippen molar-refractivity contribution < 1.29 is 29.0 Å². The van der Waals surface area contributed by atoms with Crippen LogP contribution in [0.4, 0.5) is 4.39 Å². The van der Waals surface area contributed by atoms with E-state index < -0.39 is 29.5 Å². The topological polar surface area (TPSA) is 109 Å². The molecule has 0 radical (unpaired) electrons. The van der Waals surface area contributed by atoms with Gasteiger partial charge in [-0.05, 0) is 55.8 Å². The molecule has 1 aromatic heterocycles. The van der Waals surface area contributed by atoms with Crippen LogP contribution in [0.5, 0.6) is 5.75 Å². The van der Waals surface area contributed by atoms with Gasteiger partial charge in [-0.3, -0.25) is 19.0 Å². The van der Waals surface area contributed by atoms with Gasteiger partial charge in [-0.2, -0.15) is 0 Å². The maximum Gasteiger partial charge on any atom is 0.305 e. The Bertz CT molecular complexity index is 1200. The van der Waals surface area contributed by atoms with Crippen molar-refractivity contribution in [2.45, 2.75) is 26.2 Å². The Labute approximate surface area is 182 Å². The summed E-state index contributed by atoms with van der Waals surface area (Å²) in [7, 11) is 0. The van der Waals surface area contributed by atoms with Crippen molar-refractivity contribution >= 4 is 40.3 Å². The van der Waals surface area contributed by atoms with Crippen LogP contribution >= 0.6 is 11.6 Å². The van der Waals surface area contributed by atoms with Crippen molar-refractivity contribution in [2.75, 3.05) is 6.54 Å². The molecule has 0 aliphatic carbocycles. The summed E-state index contributed by atoms with van der Waals surface area (Å²) >= 11 is 5.71. The van der Waals surface area contributed by atoms with Gasteiger partial charge in [0.25, 0.3) is 5.91 Å². The first-order chi connectivity index (χ1) is 14.6. The number of fused-ring (bicyclic) bond motifs is 1. The molecule has 3 aromatic rings. The van der Waals surface area contributed by atoms with E-state index in [1.807, 2.05) is 0 Å². The molecule has 0 bridgehead atoms. The van der Waals surface area contributed by atoms with Gasteiger partial charge in [0, 0.05) is 23.2 Å². The Hall–Kier alpha value is -3.39. The zero-order valence-electron chi connectivity index (χ0n) is 16.8. The average molecular weight is 447 g/mol. The van der Waals surface area contributed by atoms with Gasteiger partial charge in [0.1, 0.15) is 11.6 Å². The third-order valence-corrected chi connectivity index (χ3v) is 5.38. The van der Waals surface area contributed by atoms with E-state index in [2.05, 4.69) is 5.32 Å². The van der Waals surface area contributed by atoms with Gasteiger partial charge < -0.3 is 15.5 Å². The number of halogens is 2. The number of phenolic OH excluding ortho intramolecular Hbond substituents is 1. The van der Waals surface area contributed by atoms with Gasteiger partial charge in [-0.1, -0.05) is 11.6 Å². The van der Waals surface area contributed by atoms with Crippen LogP contribution in [0.25, 0.3) is 10.9 Å². The number of carboxylic acid groups (broad SMARTS) is 1. The lowest BCUT2D eigenvalue weighted by atomic mass is 9.97. The van der Waals surface area contributed by atoms with Crippen molar-refractivity contribution in [1.29, 1.82) is 0 Å². The predicted octanol–water partition coefficient (Wildman–Crippen LogP) is 3.83. The van der Waals surface area contributed by atoms with Crippen molar-refractivity contribution in [3.63, 3.8) is 0 Å². The maximum absolute atomic E-state index is 13.9. The van der Waals surface area contributed by atoms with Crippen molar-refractivity contribution in [3.8, 4) is 5.75 Å². The van der Waals surface area contributed by atoms with Crippen molar-refractivity contribution in [1.82, 2.24) is 9.88 Å². The second-order valence-corrected chi connectivity index (χ2v) is 7.53. The molecule has 1 amide bonds. The molecule has 2 aromatic carbocycles. The molecular formula is C22H20ClFN2O5. The number of nitrogens with one attached hydrogen (secondary N) is 1. The van der Waals surface area contributed by atoms with Gasteiger partial charge in [0.2, 0.25) is 5.91 Å². The molecule has 3 N–H and O–H groups in total. The lowest BCUT2D eigenvalue weighted by molar-refractivity contribution is -0.136. The van der Waals surface area contributed by atoms with Crippen molar-refractivity contribution in [3.05, 3.63) is 64.1 Å². The second kappa shape index (κ2) is 8.77. The molecular weight excluding hydrogens is 427 g/mol. The van der Waals surface area contributed by atoms with E-state index in [1.165, 1.54) is 28.8 Å². The summed E-state index contributed by atoms with van der Waals surface area (Å²) in [6, 6.07) is 8.14. The SMILES string of the molecule is Cc1c([C@H](C)C(=O)NCCC(=O)O)c2cc(O)ccc2n1C(=O)c1ccc(Cl)c(F)c1. The molecule has 0 spiro atoms. The van der Waals surface area contributed by atoms with E-state index >= 15 is 0 Å². The van der Waals surface area contributed by atoms with E-state index in [0.717, 1.165) is 6.07 Å². The summed E-state index contributed by atoms with van der Waals surface area (Å²) < 4.78 is 15.3. The Morgan fingerprint density at radius 1 is 1.19 bits per heavy atom. The first-order valence-corrected chi connectivity index (χ1v) is 9.82. The number of aromatic nitrogens is 1. The smallest absolute Gasteiger partial charge is 0.305 e. The molecule has 0 saturated heterocycles. The molecule has 0 unspecified atom stereocenters. The first-order valence-electron chi connectivity index (χ1n) is 9.45. The summed E-state index contributed by atoms with van der Waals surface area (Å²) in [5, 5.41) is 21.7. The molecule has 1 atom stereocenters. The van der Waals surface area contributed by atoms with E-state index in [4.69, 9.17) is 16.7 Å². The first kappa shape index (κ1) is 22.3. The summed E-state index contributed by atoms with van der Waals surface area (Å²) in [6.07, 6.45) is -0.222. The summed E-state index contributed by atoms with van der Waals surface area (Å²) in [5.74, 6) is -3.49. The lowest BCUT2D eigenvalue weighted by Crippen LogP contribution is -2.30. The minimum absolute atomic E-state index is 0.0373. The normalized spacial score (nSPS) is 12.0. The summed E-state index contributed by atoms with van der Waals surface area (Å²) in [5.41, 5.74) is 1.46. The summed E-state index contributed by atoms with van der Waals surface area (Å²) in [4.78, 5) is 36.5. The van der Waals surface area contributed by atoms with Crippen molar-refractivity contribution in [2.24, 2.45) is 0 Å². The van der Waals surface area contributed by atoms with Gasteiger partial charge in [0.15, 0.2) is 0 Å². The van der Waals surface area contributed by atoms with Crippen LogP contribution in [-0.2, 0) is 9.59 Å². The largest absolute Gasteiger partial charge is 0.508 e. The number of nitrogens with zero attached hydrogens (tertiary/aromatic N) is 1. The van der Waals surface area contributed by atoms with Gasteiger partial charge in [-0.25, -0.2) is 4.39 Å². The molecule has 1 heterocycles. The van der Waals surface area contributed by atoms with Crippen LogP contribution in [0.2, 0.25) is 5.02 Å². The number of rotatable bonds is 6. The number of hydrogen-bond donors (Lipinski definition) is 3. The molecule has 0 aliphatic rings. The lowest BCUT2D eigenvalue weighted by Gasteiger charge is -2.13. The fourth-order valence-corrected chi connectivity index (χ4v) is 3.69. The third-order valence-electron chi connectivity index (χ3n) is 5.07. The molecule has 162 valence electrons. The highest BCUT2D eigenvalue weighted by molar-refractivity contribution is 6.30. The Morgan fingerprint density at radius 2 is 1.90 bits per heavy atom. The molecule has 0 saturated carbocycles. The Balaban J connectivity index is 2.09. The van der Waals surface area contributed by atoms with E-state index in [0.29, 0.717) is 22.2 Å². The maximum atomic E-state index is 13.9. The molecule has 31 heavy (non-hydrogen) atoms. The zero-order valence-corrected chi connectivity index (χ0v) is 17.5. The number of amides is 1. The number of aliphatic carboxylic acids is 1. The monoisotopic (exact) mass is 446 g/mol. The van der Waals surface area contributed by atoms with E-state index in [-0.39, 0.29) is 29.3 Å². The highest BCUT2D eigenvalue weighted by atomic mass is 35.5. The third kappa shape index (κ3) is 4.39. The van der Waals surface area contributed by atoms with Crippen LogP contribution in [0.1, 0.15) is 40.9 Å². The fraction of sp³-hybridized carbons (Fsp3) is 0.227. The average Bonchev–Trinajstić information content (AvgIpc) is 2.99. The number of carboxylic acids is 1. The Kier molecular flexibility index (Phi) is 6.31. The second-order valence-electron chi connectivity index (χ2n) is 7.13. The molecule has 0 fully saturated rings. The highest BCUT2D eigenvalue weighted by Crippen LogP contribution is 2.35. The van der Waals surface area contributed by atoms with E-state index in [1.54, 1.807) is 19.9 Å². The van der Waals surface area contributed by atoms with Crippen LogP contribution in [-0.4, -0.2) is 39.1 Å².